The topological polar surface area (TPSA) is 114 Å². The summed E-state index contributed by atoms with van der Waals surface area (Å²) >= 11 is 4.90. The van der Waals surface area contributed by atoms with E-state index in [1.165, 1.54) is 24.3 Å². The number of nitrogens with one attached hydrogen (secondary N) is 1. The monoisotopic (exact) mass is 498 g/mol. The summed E-state index contributed by atoms with van der Waals surface area (Å²) in [6.45, 7) is 9.10. The zero-order valence-electron chi connectivity index (χ0n) is 19.4. The fourth-order valence-corrected chi connectivity index (χ4v) is 5.31. The number of nitrogens with zero attached hydrogens (tertiary/aromatic N) is 1. The number of morpholine rings is 1. The van der Waals surface area contributed by atoms with E-state index in [4.69, 9.17) is 26.4 Å². The number of aliphatic hydroxyl groups excluding tert-OH is 1. The van der Waals surface area contributed by atoms with Gasteiger partial charge in [0.05, 0.1) is 23.6 Å². The summed E-state index contributed by atoms with van der Waals surface area (Å²) in [6.07, 6.45) is -0.553. The average Bonchev–Trinajstić information content (AvgIpc) is 2.68. The standard InChI is InChI=1S/C22H30N2O7S2/c1-21(2,3)31-20(26)23-12-6-7-14-29-16-8-10-17(11-9-16)33(27,28)24-13-15-30-22(4,5)18(24)19(25)32/h8-11,18H,12-15H2,1-5H3,(H,23,26)(H,25,32). The molecule has 0 saturated carbocycles. The minimum atomic E-state index is -3.93. The molecule has 1 heterocycles. The minimum absolute atomic E-state index is 0.0430. The molecule has 1 aromatic carbocycles. The Bertz CT molecular complexity index is 1020. The SMILES string of the molecule is CC(C)(C)OC(=O)NCC#CCOc1ccc(S(=O)(=O)N2CCOC(C)(C)C2C(O)=S)cc1. The molecule has 1 aliphatic heterocycles. The largest absolute Gasteiger partial charge is 0.501 e. The van der Waals surface area contributed by atoms with Gasteiger partial charge in [0, 0.05) is 6.54 Å². The Labute approximate surface area is 200 Å². The lowest BCUT2D eigenvalue weighted by molar-refractivity contribution is -0.0845. The van der Waals surface area contributed by atoms with Gasteiger partial charge in [0.2, 0.25) is 10.0 Å². The molecular formula is C22H30N2O7S2. The van der Waals surface area contributed by atoms with Crippen molar-refractivity contribution in [3.63, 3.8) is 0 Å². The van der Waals surface area contributed by atoms with E-state index in [1.807, 2.05) is 0 Å². The van der Waals surface area contributed by atoms with Gasteiger partial charge in [-0.15, -0.1) is 0 Å². The average molecular weight is 499 g/mol. The molecule has 182 valence electrons. The van der Waals surface area contributed by atoms with Crippen molar-refractivity contribution in [2.45, 2.75) is 56.8 Å². The second-order valence-corrected chi connectivity index (χ2v) is 11.1. The van der Waals surface area contributed by atoms with Crippen molar-refractivity contribution in [2.75, 3.05) is 26.3 Å². The highest BCUT2D eigenvalue weighted by Gasteiger charge is 2.47. The smallest absolute Gasteiger partial charge is 0.408 e. The maximum absolute atomic E-state index is 13.2. The molecule has 9 nitrogen and oxygen atoms in total. The third kappa shape index (κ3) is 7.57. The van der Waals surface area contributed by atoms with E-state index in [0.29, 0.717) is 5.75 Å². The summed E-state index contributed by atoms with van der Waals surface area (Å²) in [4.78, 5) is 11.6. The van der Waals surface area contributed by atoms with Crippen LogP contribution in [0.5, 0.6) is 5.75 Å². The van der Waals surface area contributed by atoms with Gasteiger partial charge in [0.25, 0.3) is 0 Å². The maximum atomic E-state index is 13.2. The van der Waals surface area contributed by atoms with Crippen LogP contribution in [0.25, 0.3) is 0 Å². The van der Waals surface area contributed by atoms with Gasteiger partial charge in [0.1, 0.15) is 24.0 Å². The van der Waals surface area contributed by atoms with E-state index in [0.717, 1.165) is 4.31 Å². The molecule has 0 aliphatic carbocycles. The molecule has 0 radical (unpaired) electrons. The van der Waals surface area contributed by atoms with Crippen LogP contribution in [-0.4, -0.2) is 72.5 Å². The number of alkyl carbamates (subject to hydrolysis) is 1. The molecule has 1 aromatic rings. The van der Waals surface area contributed by atoms with Crippen molar-refractivity contribution in [1.82, 2.24) is 9.62 Å². The molecule has 1 atom stereocenters. The first-order valence-corrected chi connectivity index (χ1v) is 12.1. The van der Waals surface area contributed by atoms with E-state index in [1.54, 1.807) is 34.6 Å². The van der Waals surface area contributed by atoms with Crippen molar-refractivity contribution in [3.05, 3.63) is 24.3 Å². The van der Waals surface area contributed by atoms with Gasteiger partial charge in [-0.05, 0) is 71.1 Å². The quantitative estimate of drug-likeness (QED) is 0.455. The van der Waals surface area contributed by atoms with Crippen molar-refractivity contribution in [3.8, 4) is 17.6 Å². The molecule has 0 aromatic heterocycles. The van der Waals surface area contributed by atoms with E-state index in [2.05, 4.69) is 17.2 Å². The van der Waals surface area contributed by atoms with E-state index in [-0.39, 0.29) is 31.2 Å². The number of aliphatic hydroxyl groups is 1. The Morgan fingerprint density at radius 3 is 2.52 bits per heavy atom. The second kappa shape index (κ2) is 10.7. The molecule has 33 heavy (non-hydrogen) atoms. The third-order valence-electron chi connectivity index (χ3n) is 4.55. The third-order valence-corrected chi connectivity index (χ3v) is 6.65. The summed E-state index contributed by atoms with van der Waals surface area (Å²) in [5.74, 6) is 5.92. The van der Waals surface area contributed by atoms with Crippen LogP contribution in [0, 0.1) is 11.8 Å². The number of ether oxygens (including phenoxy) is 3. The highest BCUT2D eigenvalue weighted by atomic mass is 32.2. The molecule has 11 heteroatoms. The number of rotatable bonds is 6. The maximum Gasteiger partial charge on any atom is 0.408 e. The summed E-state index contributed by atoms with van der Waals surface area (Å²) in [5, 5.41) is 12.0. The number of hydrogen-bond donors (Lipinski definition) is 2. The van der Waals surface area contributed by atoms with Gasteiger partial charge < -0.3 is 24.6 Å². The van der Waals surface area contributed by atoms with E-state index in [9.17, 15) is 18.3 Å². The van der Waals surface area contributed by atoms with Gasteiger partial charge in [-0.25, -0.2) is 13.2 Å². The molecule has 2 rings (SSSR count). The predicted molar refractivity (Wildman–Crippen MR) is 127 cm³/mol. The molecule has 1 saturated heterocycles. The van der Waals surface area contributed by atoms with E-state index < -0.39 is 38.4 Å². The first-order valence-electron chi connectivity index (χ1n) is 10.3. The Hall–Kier alpha value is -2.39. The molecular weight excluding hydrogens is 468 g/mol. The highest BCUT2D eigenvalue weighted by molar-refractivity contribution is 7.89. The van der Waals surface area contributed by atoms with Gasteiger partial charge in [-0.3, -0.25) is 0 Å². The van der Waals surface area contributed by atoms with Crippen LogP contribution in [0.1, 0.15) is 34.6 Å². The molecule has 1 amide bonds. The lowest BCUT2D eigenvalue weighted by Crippen LogP contribution is -2.61. The molecule has 0 bridgehead atoms. The van der Waals surface area contributed by atoms with Crippen LogP contribution in [0.3, 0.4) is 0 Å². The molecule has 0 spiro atoms. The number of sulfonamides is 1. The normalized spacial score (nSPS) is 18.5. The number of benzene rings is 1. The molecule has 1 aliphatic rings. The highest BCUT2D eigenvalue weighted by Crippen LogP contribution is 2.31. The lowest BCUT2D eigenvalue weighted by Gasteiger charge is -2.43. The first kappa shape index (κ1) is 26.9. The fraction of sp³-hybridized carbons (Fsp3) is 0.545. The van der Waals surface area contributed by atoms with Crippen LogP contribution in [0.2, 0.25) is 0 Å². The van der Waals surface area contributed by atoms with Crippen molar-refractivity contribution in [2.24, 2.45) is 0 Å². The zero-order valence-corrected chi connectivity index (χ0v) is 21.0. The fourth-order valence-electron chi connectivity index (χ4n) is 3.14. The second-order valence-electron chi connectivity index (χ2n) is 8.78. The van der Waals surface area contributed by atoms with Crippen molar-refractivity contribution >= 4 is 33.4 Å². The van der Waals surface area contributed by atoms with Gasteiger partial charge in [0.15, 0.2) is 5.05 Å². The van der Waals surface area contributed by atoms with E-state index >= 15 is 0 Å². The summed E-state index contributed by atoms with van der Waals surface area (Å²) in [6, 6.07) is 4.90. The Morgan fingerprint density at radius 2 is 1.94 bits per heavy atom. The Kier molecular flexibility index (Phi) is 8.70. The lowest BCUT2D eigenvalue weighted by atomic mass is 9.98. The van der Waals surface area contributed by atoms with Gasteiger partial charge >= 0.3 is 6.09 Å². The van der Waals surface area contributed by atoms with Crippen LogP contribution >= 0.6 is 12.2 Å². The summed E-state index contributed by atoms with van der Waals surface area (Å²) < 4.78 is 43.7. The van der Waals surface area contributed by atoms with Crippen molar-refractivity contribution in [1.29, 1.82) is 0 Å². The Balaban J connectivity index is 1.96. The summed E-state index contributed by atoms with van der Waals surface area (Å²) in [5.41, 5.74) is -1.54. The Morgan fingerprint density at radius 1 is 1.30 bits per heavy atom. The number of carbonyl (C=O) groups is 1. The molecule has 2 N–H and O–H groups in total. The van der Waals surface area contributed by atoms with Crippen LogP contribution < -0.4 is 10.1 Å². The van der Waals surface area contributed by atoms with Crippen LogP contribution in [-0.2, 0) is 19.5 Å². The van der Waals surface area contributed by atoms with Crippen LogP contribution in [0.15, 0.2) is 29.2 Å². The van der Waals surface area contributed by atoms with Crippen LogP contribution in [0.4, 0.5) is 4.79 Å². The zero-order chi connectivity index (χ0) is 24.9. The molecule has 1 unspecified atom stereocenters. The minimum Gasteiger partial charge on any atom is -0.501 e. The number of amides is 1. The van der Waals surface area contributed by atoms with Crippen molar-refractivity contribution < 1.29 is 32.5 Å². The number of hydrogen-bond acceptors (Lipinski definition) is 7. The predicted octanol–water partition coefficient (Wildman–Crippen LogP) is 2.65. The van der Waals surface area contributed by atoms with Gasteiger partial charge in [-0.1, -0.05) is 11.8 Å². The first-order chi connectivity index (χ1) is 15.2. The number of carbonyl (C=O) groups excluding carboxylic acids is 1. The number of thiocarbonyl (C=S) groups is 1. The molecule has 1 fully saturated rings. The van der Waals surface area contributed by atoms with Gasteiger partial charge in [-0.2, -0.15) is 4.31 Å². The summed E-state index contributed by atoms with van der Waals surface area (Å²) in [7, 11) is -3.93.